The lowest BCUT2D eigenvalue weighted by Crippen LogP contribution is -2.62. The van der Waals surface area contributed by atoms with E-state index in [-0.39, 0.29) is 44.7 Å². The molecule has 9 aromatic rings. The van der Waals surface area contributed by atoms with Crippen molar-refractivity contribution in [1.29, 1.82) is 0 Å². The predicted molar refractivity (Wildman–Crippen MR) is 359 cm³/mol. The summed E-state index contributed by atoms with van der Waals surface area (Å²) in [7, 11) is 0. The maximum Gasteiger partial charge on any atom is 0.252 e. The number of benzene rings is 8. The largest absolute Gasteiger partial charge is 0.456 e. The molecule has 84 heavy (non-hydrogen) atoms. The van der Waals surface area contributed by atoms with Gasteiger partial charge in [0, 0.05) is 67.6 Å². The number of hydrogen-bond acceptors (Lipinski definition) is 4. The molecule has 426 valence electrons. The smallest absolute Gasteiger partial charge is 0.252 e. The number of rotatable bonds is 5. The van der Waals surface area contributed by atoms with E-state index in [0.29, 0.717) is 5.92 Å². The van der Waals surface area contributed by atoms with E-state index in [2.05, 4.69) is 264 Å². The van der Waals surface area contributed by atoms with Crippen LogP contribution in [0.4, 0.5) is 45.5 Å². The Balaban J connectivity index is 1.13. The molecule has 6 aliphatic rings. The number of para-hydroxylation sites is 1. The Bertz CT molecular complexity index is 4240. The summed E-state index contributed by atoms with van der Waals surface area (Å²) in [4.78, 5) is 8.31. The molecule has 0 amide bonds. The van der Waals surface area contributed by atoms with Gasteiger partial charge in [-0.2, -0.15) is 0 Å². The van der Waals surface area contributed by atoms with Gasteiger partial charge in [0.1, 0.15) is 11.2 Å². The Morgan fingerprint density at radius 1 is 0.452 bits per heavy atom. The Morgan fingerprint density at radius 3 is 1.76 bits per heavy atom. The van der Waals surface area contributed by atoms with Gasteiger partial charge in [-0.15, -0.1) is 0 Å². The lowest BCUT2D eigenvalue weighted by atomic mass is 9.33. The van der Waals surface area contributed by atoms with Gasteiger partial charge in [-0.25, -0.2) is 0 Å². The Morgan fingerprint density at radius 2 is 1.06 bits per heavy atom. The average Bonchev–Trinajstić information content (AvgIpc) is 1.11. The number of nitrogens with zero attached hydrogens (tertiary/aromatic N) is 3. The number of anilines is 8. The van der Waals surface area contributed by atoms with Gasteiger partial charge in [0.15, 0.2) is 0 Å². The summed E-state index contributed by atoms with van der Waals surface area (Å²) in [6, 6.07) is 58.4. The fourth-order valence-corrected chi connectivity index (χ4v) is 17.2. The van der Waals surface area contributed by atoms with Gasteiger partial charge in [-0.05, 0) is 200 Å². The SMILES string of the molecule is CC(C)c1ccc2oc3cc4c(cc3c2c1)B1c2cc3c(cc2N(c2ccc5c(c2)C(C)(C)CCC5(C)C)c2cc(N5c6ccccc6C6(C)CCCCC56C)cc(c21)N4c1ccc(C(C)(C)C)cc1-c1ccccc1)C(C)(C)CCC3(C)C. The first-order chi connectivity index (χ1) is 39.8. The Hall–Kier alpha value is -6.98. The van der Waals surface area contributed by atoms with Crippen molar-refractivity contribution in [2.24, 2.45) is 0 Å². The van der Waals surface area contributed by atoms with E-state index < -0.39 is 0 Å². The molecule has 0 bridgehead atoms. The van der Waals surface area contributed by atoms with E-state index in [9.17, 15) is 0 Å². The molecule has 5 heteroatoms. The van der Waals surface area contributed by atoms with Gasteiger partial charge in [0.05, 0.1) is 11.2 Å². The molecular weight excluding hydrogens is 1020 g/mol. The average molecular weight is 1100 g/mol. The van der Waals surface area contributed by atoms with Crippen molar-refractivity contribution in [2.45, 2.75) is 199 Å². The normalized spacial score (nSPS) is 22.1. The summed E-state index contributed by atoms with van der Waals surface area (Å²) in [5, 5.41) is 2.37. The van der Waals surface area contributed by atoms with Crippen molar-refractivity contribution in [3.05, 3.63) is 185 Å². The van der Waals surface area contributed by atoms with Crippen LogP contribution in [0.3, 0.4) is 0 Å². The Kier molecular flexibility index (Phi) is 11.4. The number of fused-ring (bicyclic) bond motifs is 12. The molecule has 0 saturated heterocycles. The molecule has 1 saturated carbocycles. The minimum absolute atomic E-state index is 0.00871. The minimum Gasteiger partial charge on any atom is -0.456 e. The second-order valence-corrected chi connectivity index (χ2v) is 31.2. The summed E-state index contributed by atoms with van der Waals surface area (Å²) in [6.45, 7) is 36.7. The van der Waals surface area contributed by atoms with Gasteiger partial charge in [0.25, 0.3) is 6.71 Å². The maximum atomic E-state index is 7.14. The van der Waals surface area contributed by atoms with Crippen LogP contribution in [0.25, 0.3) is 33.1 Å². The molecule has 15 rings (SSSR count). The predicted octanol–water partition coefficient (Wildman–Crippen LogP) is 20.2. The van der Waals surface area contributed by atoms with E-state index in [1.54, 1.807) is 0 Å². The van der Waals surface area contributed by atoms with Gasteiger partial charge in [0.2, 0.25) is 0 Å². The standard InChI is InChI=1S/C79H86BN3O/c1-48(2)50-27-32-70-55(39-50)56-44-62-67(47-71(56)84-70)82(64-31-28-51(73(3,4)5)40-54(64)49-23-17-16-18-24-49)69-43-53(83-65-26-20-19-25-58(65)78(14)33-21-22-34-79(78,83)15)42-68-72(69)80(62)63-45-60-61(77(12,13)38-37-76(60,10)11)46-66(63)81(68)52-29-30-57-59(41-52)75(8,9)36-35-74(57,6)7/h16-20,23-32,39-48H,21-22,33-38H2,1-15H3. The highest BCUT2D eigenvalue weighted by Crippen LogP contribution is 2.62. The molecule has 8 aromatic carbocycles. The summed E-state index contributed by atoms with van der Waals surface area (Å²) >= 11 is 0. The van der Waals surface area contributed by atoms with Crippen LogP contribution in [0, 0.1) is 0 Å². The van der Waals surface area contributed by atoms with Crippen LogP contribution in [0.1, 0.15) is 200 Å². The summed E-state index contributed by atoms with van der Waals surface area (Å²) in [6.07, 6.45) is 9.36. The summed E-state index contributed by atoms with van der Waals surface area (Å²) in [5.74, 6) is 0.384. The monoisotopic (exact) mass is 1100 g/mol. The van der Waals surface area contributed by atoms with Crippen LogP contribution in [0.5, 0.6) is 0 Å². The van der Waals surface area contributed by atoms with Crippen LogP contribution in [-0.2, 0) is 32.5 Å². The quantitative estimate of drug-likeness (QED) is 0.160. The van der Waals surface area contributed by atoms with Crippen LogP contribution in [0.15, 0.2) is 150 Å². The Labute approximate surface area is 501 Å². The van der Waals surface area contributed by atoms with Crippen molar-refractivity contribution in [1.82, 2.24) is 0 Å². The topological polar surface area (TPSA) is 22.9 Å². The molecule has 0 N–H and O–H groups in total. The second-order valence-electron chi connectivity index (χ2n) is 31.2. The summed E-state index contributed by atoms with van der Waals surface area (Å²) < 4.78 is 7.14. The molecule has 3 aliphatic heterocycles. The van der Waals surface area contributed by atoms with Crippen molar-refractivity contribution in [3.63, 3.8) is 0 Å². The zero-order chi connectivity index (χ0) is 58.6. The van der Waals surface area contributed by atoms with Crippen molar-refractivity contribution in [3.8, 4) is 11.1 Å². The zero-order valence-electron chi connectivity index (χ0n) is 52.9. The van der Waals surface area contributed by atoms with E-state index in [4.69, 9.17) is 4.42 Å². The first-order valence-corrected chi connectivity index (χ1v) is 32.0. The molecule has 1 aromatic heterocycles. The van der Waals surface area contributed by atoms with Crippen LogP contribution in [0.2, 0.25) is 0 Å². The molecule has 4 nitrogen and oxygen atoms in total. The van der Waals surface area contributed by atoms with Crippen LogP contribution < -0.4 is 31.1 Å². The number of hydrogen-bond donors (Lipinski definition) is 0. The molecular formula is C79H86BN3O. The van der Waals surface area contributed by atoms with Gasteiger partial charge in [-0.3, -0.25) is 0 Å². The van der Waals surface area contributed by atoms with Crippen molar-refractivity contribution < 1.29 is 4.42 Å². The fourth-order valence-electron chi connectivity index (χ4n) is 17.2. The molecule has 0 spiro atoms. The highest BCUT2D eigenvalue weighted by molar-refractivity contribution is 7.00. The van der Waals surface area contributed by atoms with Gasteiger partial charge >= 0.3 is 0 Å². The third kappa shape index (κ3) is 7.57. The maximum absolute atomic E-state index is 7.14. The van der Waals surface area contributed by atoms with Crippen LogP contribution >= 0.6 is 0 Å². The zero-order valence-corrected chi connectivity index (χ0v) is 52.9. The lowest BCUT2D eigenvalue weighted by Gasteiger charge is -2.51. The minimum atomic E-state index is -0.168. The molecule has 2 atom stereocenters. The summed E-state index contributed by atoms with van der Waals surface area (Å²) in [5.41, 5.74) is 28.3. The number of furan rings is 1. The molecule has 0 radical (unpaired) electrons. The van der Waals surface area contributed by atoms with E-state index in [0.717, 1.165) is 36.8 Å². The molecule has 2 unspecified atom stereocenters. The third-order valence-corrected chi connectivity index (χ3v) is 22.9. The highest BCUT2D eigenvalue weighted by Gasteiger charge is 2.58. The van der Waals surface area contributed by atoms with Crippen molar-refractivity contribution in [2.75, 3.05) is 14.7 Å². The molecule has 3 aliphatic carbocycles. The third-order valence-electron chi connectivity index (χ3n) is 22.9. The fraction of sp³-hybridized carbons (Fsp3) is 0.392. The van der Waals surface area contributed by atoms with Crippen LogP contribution in [-0.4, -0.2) is 12.3 Å². The second kappa shape index (κ2) is 17.8. The van der Waals surface area contributed by atoms with Gasteiger partial charge < -0.3 is 19.1 Å². The van der Waals surface area contributed by atoms with Gasteiger partial charge in [-0.1, -0.05) is 189 Å². The molecule has 4 heterocycles. The van der Waals surface area contributed by atoms with E-state index in [1.807, 2.05) is 0 Å². The molecule has 1 fully saturated rings. The lowest BCUT2D eigenvalue weighted by molar-refractivity contribution is 0.195. The highest BCUT2D eigenvalue weighted by atomic mass is 16.3. The first-order valence-electron chi connectivity index (χ1n) is 32.0. The van der Waals surface area contributed by atoms with E-state index >= 15 is 0 Å². The van der Waals surface area contributed by atoms with E-state index in [1.165, 1.54) is 148 Å². The first kappa shape index (κ1) is 53.7. The van der Waals surface area contributed by atoms with Crippen molar-refractivity contribution >= 4 is 90.5 Å².